The lowest BCUT2D eigenvalue weighted by molar-refractivity contribution is 0.109. The molecule has 0 aliphatic carbocycles. The van der Waals surface area contributed by atoms with Crippen molar-refractivity contribution in [1.82, 2.24) is 10.3 Å². The molecule has 3 N–H and O–H groups in total. The van der Waals surface area contributed by atoms with Crippen molar-refractivity contribution >= 4 is 0 Å². The molecule has 0 atom stereocenters. The van der Waals surface area contributed by atoms with Crippen molar-refractivity contribution in [3.05, 3.63) is 0 Å². The van der Waals surface area contributed by atoms with E-state index in [1.54, 1.807) is 0 Å². The average molecular weight is 143 g/mol. The maximum Gasteiger partial charge on any atom is 0.0838 e. The molecular formula is C7H17N3. The smallest absolute Gasteiger partial charge is 0.0838 e. The summed E-state index contributed by atoms with van der Waals surface area (Å²) < 4.78 is 0. The summed E-state index contributed by atoms with van der Waals surface area (Å²) in [6.45, 7) is 6.34. The van der Waals surface area contributed by atoms with Crippen LogP contribution in [0.4, 0.5) is 0 Å². The largest absolute Gasteiger partial charge is 0.297 e. The third-order valence-corrected chi connectivity index (χ3v) is 2.53. The van der Waals surface area contributed by atoms with Gasteiger partial charge in [0.25, 0.3) is 0 Å². The first-order chi connectivity index (χ1) is 4.75. The molecule has 0 aromatic rings. The monoisotopic (exact) mass is 143 g/mol. The summed E-state index contributed by atoms with van der Waals surface area (Å²) in [5, 5.41) is 5.34. The second kappa shape index (κ2) is 2.86. The van der Waals surface area contributed by atoms with E-state index in [9.17, 15) is 0 Å². The minimum Gasteiger partial charge on any atom is -0.297 e. The molecule has 1 heterocycles. The topological polar surface area (TPSA) is 41.3 Å². The van der Waals surface area contributed by atoms with Crippen LogP contribution in [0.5, 0.6) is 0 Å². The van der Waals surface area contributed by atoms with Crippen LogP contribution in [0.15, 0.2) is 0 Å². The van der Waals surface area contributed by atoms with Crippen LogP contribution in [0.1, 0.15) is 26.7 Å². The lowest BCUT2D eigenvalue weighted by Crippen LogP contribution is -2.53. The molecule has 0 spiro atoms. The Morgan fingerprint density at radius 2 is 2.10 bits per heavy atom. The predicted octanol–water partition coefficient (Wildman–Crippen LogP) is 0.282. The Morgan fingerprint density at radius 1 is 1.50 bits per heavy atom. The highest BCUT2D eigenvalue weighted by Gasteiger charge is 2.34. The second-order valence-electron chi connectivity index (χ2n) is 2.86. The van der Waals surface area contributed by atoms with E-state index in [-0.39, 0.29) is 5.66 Å². The first kappa shape index (κ1) is 7.98. The van der Waals surface area contributed by atoms with E-state index < -0.39 is 0 Å². The van der Waals surface area contributed by atoms with Gasteiger partial charge < -0.3 is 0 Å². The van der Waals surface area contributed by atoms with Crippen molar-refractivity contribution < 1.29 is 0 Å². The summed E-state index contributed by atoms with van der Waals surface area (Å²) in [4.78, 5) is 0. The van der Waals surface area contributed by atoms with Gasteiger partial charge in [0.15, 0.2) is 0 Å². The van der Waals surface area contributed by atoms with Gasteiger partial charge in [0.1, 0.15) is 0 Å². The van der Waals surface area contributed by atoms with Crippen molar-refractivity contribution in [2.24, 2.45) is 5.84 Å². The second-order valence-corrected chi connectivity index (χ2v) is 2.86. The first-order valence-electron chi connectivity index (χ1n) is 4.02. The Labute approximate surface area is 62.5 Å². The fraction of sp³-hybridized carbons (Fsp3) is 1.00. The highest BCUT2D eigenvalue weighted by molar-refractivity contribution is 4.88. The fourth-order valence-corrected chi connectivity index (χ4v) is 1.63. The summed E-state index contributed by atoms with van der Waals surface area (Å²) in [5.74, 6) is 5.81. The van der Waals surface area contributed by atoms with Gasteiger partial charge in [-0.15, -0.1) is 0 Å². The molecule has 3 heteroatoms. The number of rotatable bonds is 2. The van der Waals surface area contributed by atoms with Crippen LogP contribution < -0.4 is 11.2 Å². The molecule has 0 radical (unpaired) electrons. The molecule has 0 amide bonds. The van der Waals surface area contributed by atoms with Crippen molar-refractivity contribution in [2.75, 3.05) is 13.1 Å². The number of hydrogen-bond donors (Lipinski definition) is 2. The molecule has 1 aliphatic rings. The highest BCUT2D eigenvalue weighted by Crippen LogP contribution is 2.20. The summed E-state index contributed by atoms with van der Waals surface area (Å²) in [7, 11) is 0. The number of nitrogens with zero attached hydrogens (tertiary/aromatic N) is 1. The first-order valence-corrected chi connectivity index (χ1v) is 4.02. The van der Waals surface area contributed by atoms with Gasteiger partial charge in [-0.25, -0.2) is 5.01 Å². The Balaban J connectivity index is 2.61. The Hall–Kier alpha value is -0.120. The normalized spacial score (nSPS) is 25.5. The van der Waals surface area contributed by atoms with Gasteiger partial charge in [-0.1, -0.05) is 13.8 Å². The molecule has 1 saturated heterocycles. The minimum atomic E-state index is 0.0972. The van der Waals surface area contributed by atoms with E-state index in [4.69, 9.17) is 5.84 Å². The van der Waals surface area contributed by atoms with Crippen LogP contribution in [-0.2, 0) is 0 Å². The molecule has 1 aliphatic heterocycles. The van der Waals surface area contributed by atoms with Crippen LogP contribution in [0.25, 0.3) is 0 Å². The van der Waals surface area contributed by atoms with Gasteiger partial charge in [0.2, 0.25) is 0 Å². The molecule has 0 saturated carbocycles. The third kappa shape index (κ3) is 1.05. The van der Waals surface area contributed by atoms with Gasteiger partial charge >= 0.3 is 0 Å². The van der Waals surface area contributed by atoms with Gasteiger partial charge in [-0.3, -0.25) is 11.2 Å². The predicted molar refractivity (Wildman–Crippen MR) is 42.2 cm³/mol. The van der Waals surface area contributed by atoms with E-state index >= 15 is 0 Å². The molecule has 0 unspecified atom stereocenters. The Morgan fingerprint density at radius 3 is 2.30 bits per heavy atom. The van der Waals surface area contributed by atoms with Crippen LogP contribution in [0, 0.1) is 0 Å². The van der Waals surface area contributed by atoms with Crippen LogP contribution in [0.2, 0.25) is 0 Å². The molecule has 1 rings (SSSR count). The summed E-state index contributed by atoms with van der Waals surface area (Å²) >= 11 is 0. The van der Waals surface area contributed by atoms with Gasteiger partial charge in [0.05, 0.1) is 5.66 Å². The maximum absolute atomic E-state index is 5.81. The SMILES string of the molecule is CCC1(CC)NCCN1N. The Bertz CT molecular complexity index is 109. The van der Waals surface area contributed by atoms with Crippen LogP contribution in [-0.4, -0.2) is 23.8 Å². The van der Waals surface area contributed by atoms with Crippen LogP contribution in [0.3, 0.4) is 0 Å². The zero-order chi connectivity index (χ0) is 7.61. The van der Waals surface area contributed by atoms with Crippen molar-refractivity contribution in [1.29, 1.82) is 0 Å². The highest BCUT2D eigenvalue weighted by atomic mass is 15.5. The molecule has 0 aromatic heterocycles. The standard InChI is InChI=1S/C7H17N3/c1-3-7(4-2)9-5-6-10(7)8/h9H,3-6,8H2,1-2H3. The van der Waals surface area contributed by atoms with Gasteiger partial charge in [-0.2, -0.15) is 0 Å². The fourth-order valence-electron chi connectivity index (χ4n) is 1.63. The Kier molecular flexibility index (Phi) is 2.28. The van der Waals surface area contributed by atoms with Gasteiger partial charge in [-0.05, 0) is 12.8 Å². The molecule has 10 heavy (non-hydrogen) atoms. The summed E-state index contributed by atoms with van der Waals surface area (Å²) in [5.41, 5.74) is 0.0972. The van der Waals surface area contributed by atoms with Crippen molar-refractivity contribution in [2.45, 2.75) is 32.4 Å². The van der Waals surface area contributed by atoms with E-state index in [0.717, 1.165) is 25.9 Å². The summed E-state index contributed by atoms with van der Waals surface area (Å²) in [6.07, 6.45) is 2.17. The van der Waals surface area contributed by atoms with Crippen molar-refractivity contribution in [3.8, 4) is 0 Å². The zero-order valence-electron chi connectivity index (χ0n) is 6.85. The lowest BCUT2D eigenvalue weighted by Gasteiger charge is -2.33. The lowest BCUT2D eigenvalue weighted by atomic mass is 10.1. The third-order valence-electron chi connectivity index (χ3n) is 2.53. The zero-order valence-corrected chi connectivity index (χ0v) is 6.85. The van der Waals surface area contributed by atoms with E-state index in [1.165, 1.54) is 0 Å². The molecule has 1 fully saturated rings. The van der Waals surface area contributed by atoms with Crippen LogP contribution >= 0.6 is 0 Å². The molecule has 0 aromatic carbocycles. The van der Waals surface area contributed by atoms with E-state index in [0.29, 0.717) is 0 Å². The quantitative estimate of drug-likeness (QED) is 0.546. The number of nitrogens with one attached hydrogen (secondary N) is 1. The summed E-state index contributed by atoms with van der Waals surface area (Å²) in [6, 6.07) is 0. The number of hydrazine groups is 1. The van der Waals surface area contributed by atoms with Gasteiger partial charge in [0, 0.05) is 13.1 Å². The molecule has 60 valence electrons. The molecule has 0 bridgehead atoms. The number of nitrogens with two attached hydrogens (primary N) is 1. The van der Waals surface area contributed by atoms with E-state index in [2.05, 4.69) is 19.2 Å². The molecular weight excluding hydrogens is 126 g/mol. The van der Waals surface area contributed by atoms with E-state index in [1.807, 2.05) is 5.01 Å². The average Bonchev–Trinajstić information content (AvgIpc) is 2.32. The maximum atomic E-state index is 5.81. The minimum absolute atomic E-state index is 0.0972. The van der Waals surface area contributed by atoms with Crippen molar-refractivity contribution in [3.63, 3.8) is 0 Å². The molecule has 3 nitrogen and oxygen atoms in total. The number of hydrogen-bond acceptors (Lipinski definition) is 3.